The van der Waals surface area contributed by atoms with E-state index in [4.69, 9.17) is 0 Å². The zero-order chi connectivity index (χ0) is 14.1. The molecule has 3 rings (SSSR count). The number of hydrogen-bond acceptors (Lipinski definition) is 4. The van der Waals surface area contributed by atoms with E-state index in [1.807, 2.05) is 14.1 Å². The van der Waals surface area contributed by atoms with Gasteiger partial charge in [-0.1, -0.05) is 17.4 Å². The van der Waals surface area contributed by atoms with E-state index >= 15 is 0 Å². The highest BCUT2D eigenvalue weighted by atomic mass is 35.5. The van der Waals surface area contributed by atoms with Crippen molar-refractivity contribution in [3.63, 3.8) is 0 Å². The average molecular weight is 328 g/mol. The molecule has 0 aliphatic carbocycles. The van der Waals surface area contributed by atoms with Gasteiger partial charge in [-0.15, -0.1) is 12.4 Å². The first-order valence-electron chi connectivity index (χ1n) is 7.13. The average Bonchev–Trinajstić information content (AvgIpc) is 2.96. The Kier molecular flexibility index (Phi) is 5.43. The Morgan fingerprint density at radius 1 is 1.43 bits per heavy atom. The van der Waals surface area contributed by atoms with Gasteiger partial charge in [-0.25, -0.2) is 0 Å². The molecule has 2 heterocycles. The number of nitrogens with zero attached hydrogens (tertiary/aromatic N) is 2. The van der Waals surface area contributed by atoms with E-state index in [9.17, 15) is 4.79 Å². The second kappa shape index (κ2) is 6.92. The minimum absolute atomic E-state index is 0. The van der Waals surface area contributed by atoms with E-state index in [-0.39, 0.29) is 17.3 Å². The van der Waals surface area contributed by atoms with E-state index in [1.54, 1.807) is 4.57 Å². The van der Waals surface area contributed by atoms with Gasteiger partial charge in [-0.3, -0.25) is 9.69 Å². The molecule has 1 N–H and O–H groups in total. The van der Waals surface area contributed by atoms with Crippen LogP contribution in [-0.2, 0) is 13.6 Å². The predicted octanol–water partition coefficient (Wildman–Crippen LogP) is 2.06. The molecule has 1 aromatic heterocycles. The molecular weight excluding hydrogens is 306 g/mol. The molecule has 1 aromatic carbocycles. The first-order valence-corrected chi connectivity index (χ1v) is 7.94. The minimum Gasteiger partial charge on any atom is -0.319 e. The minimum atomic E-state index is 0. The summed E-state index contributed by atoms with van der Waals surface area (Å²) >= 11 is 1.34. The van der Waals surface area contributed by atoms with Gasteiger partial charge in [0.1, 0.15) is 0 Å². The van der Waals surface area contributed by atoms with Crippen molar-refractivity contribution < 1.29 is 0 Å². The maximum Gasteiger partial charge on any atom is 0.307 e. The third kappa shape index (κ3) is 3.48. The highest BCUT2D eigenvalue weighted by molar-refractivity contribution is 7.16. The largest absolute Gasteiger partial charge is 0.319 e. The van der Waals surface area contributed by atoms with Crippen molar-refractivity contribution in [2.45, 2.75) is 13.0 Å². The van der Waals surface area contributed by atoms with Gasteiger partial charge in [-0.2, -0.15) is 0 Å². The van der Waals surface area contributed by atoms with Crippen molar-refractivity contribution in [1.82, 2.24) is 14.8 Å². The van der Waals surface area contributed by atoms with Crippen LogP contribution in [0.3, 0.4) is 0 Å². The first kappa shape index (κ1) is 16.5. The Hall–Kier alpha value is -0.880. The molecule has 116 valence electrons. The monoisotopic (exact) mass is 327 g/mol. The molecule has 1 atom stereocenters. The molecule has 2 aromatic rings. The summed E-state index contributed by atoms with van der Waals surface area (Å²) in [6, 6.07) is 6.40. The SMILES string of the molecule is CNCC1CCN(Cc2ccc3c(c2)sc(=O)n3C)C1.Cl. The van der Waals surface area contributed by atoms with Gasteiger partial charge in [0.2, 0.25) is 0 Å². The number of nitrogens with one attached hydrogen (secondary N) is 1. The standard InChI is InChI=1S/C15H21N3OS.ClH/c1-16-8-12-5-6-18(10-12)9-11-3-4-13-14(7-11)20-15(19)17(13)2;/h3-4,7,12,16H,5-6,8-10H2,1-2H3;1H. The van der Waals surface area contributed by atoms with Crippen molar-refractivity contribution in [3.8, 4) is 0 Å². The summed E-state index contributed by atoms with van der Waals surface area (Å²) in [6.45, 7) is 4.45. The number of aryl methyl sites for hydroxylation is 1. The molecule has 0 radical (unpaired) electrons. The Bertz CT molecular complexity index is 666. The van der Waals surface area contributed by atoms with Crippen LogP contribution in [0.5, 0.6) is 0 Å². The molecule has 21 heavy (non-hydrogen) atoms. The van der Waals surface area contributed by atoms with E-state index in [0.717, 1.165) is 29.2 Å². The van der Waals surface area contributed by atoms with Crippen molar-refractivity contribution in [3.05, 3.63) is 33.4 Å². The van der Waals surface area contributed by atoms with Gasteiger partial charge in [0.25, 0.3) is 0 Å². The Labute approximate surface area is 135 Å². The first-order chi connectivity index (χ1) is 9.67. The van der Waals surface area contributed by atoms with Crippen LogP contribution in [0.2, 0.25) is 0 Å². The lowest BCUT2D eigenvalue weighted by Crippen LogP contribution is -2.24. The molecule has 4 nitrogen and oxygen atoms in total. The molecule has 1 aliphatic heterocycles. The zero-order valence-corrected chi connectivity index (χ0v) is 14.1. The van der Waals surface area contributed by atoms with Crippen LogP contribution in [0, 0.1) is 5.92 Å². The molecule has 0 amide bonds. The number of aromatic nitrogens is 1. The highest BCUT2D eigenvalue weighted by Crippen LogP contribution is 2.22. The van der Waals surface area contributed by atoms with Gasteiger partial charge in [-0.05, 0) is 50.2 Å². The lowest BCUT2D eigenvalue weighted by Gasteiger charge is -2.16. The topological polar surface area (TPSA) is 37.3 Å². The second-order valence-electron chi connectivity index (χ2n) is 5.68. The zero-order valence-electron chi connectivity index (χ0n) is 12.5. The normalized spacial score (nSPS) is 19.0. The number of likely N-dealkylation sites (tertiary alicyclic amines) is 1. The van der Waals surface area contributed by atoms with Crippen molar-refractivity contribution in [2.75, 3.05) is 26.7 Å². The van der Waals surface area contributed by atoms with Crippen LogP contribution >= 0.6 is 23.7 Å². The fourth-order valence-electron chi connectivity index (χ4n) is 3.05. The summed E-state index contributed by atoms with van der Waals surface area (Å²) < 4.78 is 2.82. The fourth-order valence-corrected chi connectivity index (χ4v) is 3.99. The summed E-state index contributed by atoms with van der Waals surface area (Å²) in [6.07, 6.45) is 1.28. The molecule has 0 saturated carbocycles. The second-order valence-corrected chi connectivity index (χ2v) is 6.67. The van der Waals surface area contributed by atoms with E-state index in [2.05, 4.69) is 28.4 Å². The van der Waals surface area contributed by atoms with E-state index < -0.39 is 0 Å². The van der Waals surface area contributed by atoms with Gasteiger partial charge < -0.3 is 9.88 Å². The Balaban J connectivity index is 0.00000161. The maximum atomic E-state index is 11.7. The van der Waals surface area contributed by atoms with Crippen LogP contribution < -0.4 is 10.2 Å². The summed E-state index contributed by atoms with van der Waals surface area (Å²) in [5, 5.41) is 3.26. The smallest absolute Gasteiger partial charge is 0.307 e. The van der Waals surface area contributed by atoms with Crippen LogP contribution in [0.15, 0.2) is 23.0 Å². The summed E-state index contributed by atoms with van der Waals surface area (Å²) in [4.78, 5) is 14.3. The summed E-state index contributed by atoms with van der Waals surface area (Å²) in [5.41, 5.74) is 2.35. The lowest BCUT2D eigenvalue weighted by atomic mass is 10.1. The number of rotatable bonds is 4. The highest BCUT2D eigenvalue weighted by Gasteiger charge is 2.21. The molecule has 1 unspecified atom stereocenters. The molecular formula is C15H22ClN3OS. The van der Waals surface area contributed by atoms with E-state index in [0.29, 0.717) is 0 Å². The summed E-state index contributed by atoms with van der Waals surface area (Å²) in [5.74, 6) is 0.775. The molecule has 6 heteroatoms. The van der Waals surface area contributed by atoms with Gasteiger partial charge in [0.15, 0.2) is 0 Å². The van der Waals surface area contributed by atoms with Gasteiger partial charge in [0, 0.05) is 20.1 Å². The van der Waals surface area contributed by atoms with Crippen LogP contribution in [0.4, 0.5) is 0 Å². The van der Waals surface area contributed by atoms with Crippen LogP contribution in [-0.4, -0.2) is 36.1 Å². The molecule has 1 saturated heterocycles. The maximum absolute atomic E-state index is 11.7. The molecule has 0 bridgehead atoms. The fraction of sp³-hybridized carbons (Fsp3) is 0.533. The number of benzene rings is 1. The molecule has 0 spiro atoms. The molecule has 1 aliphatic rings. The van der Waals surface area contributed by atoms with Crippen molar-refractivity contribution >= 4 is 34.0 Å². The Morgan fingerprint density at radius 2 is 2.24 bits per heavy atom. The van der Waals surface area contributed by atoms with Crippen molar-refractivity contribution in [1.29, 1.82) is 0 Å². The van der Waals surface area contributed by atoms with Gasteiger partial charge >= 0.3 is 4.87 Å². The number of fused-ring (bicyclic) bond motifs is 1. The van der Waals surface area contributed by atoms with Crippen molar-refractivity contribution in [2.24, 2.45) is 13.0 Å². The number of thiazole rings is 1. The predicted molar refractivity (Wildman–Crippen MR) is 91.6 cm³/mol. The number of halogens is 1. The van der Waals surface area contributed by atoms with E-state index in [1.165, 1.54) is 36.4 Å². The number of hydrogen-bond donors (Lipinski definition) is 1. The summed E-state index contributed by atoms with van der Waals surface area (Å²) in [7, 11) is 3.86. The third-order valence-electron chi connectivity index (χ3n) is 4.13. The van der Waals surface area contributed by atoms with Crippen LogP contribution in [0.1, 0.15) is 12.0 Å². The third-order valence-corrected chi connectivity index (χ3v) is 5.12. The van der Waals surface area contributed by atoms with Gasteiger partial charge in [0.05, 0.1) is 10.2 Å². The lowest BCUT2D eigenvalue weighted by molar-refractivity contribution is 0.315. The Morgan fingerprint density at radius 3 is 3.00 bits per heavy atom. The van der Waals surface area contributed by atoms with Crippen LogP contribution in [0.25, 0.3) is 10.2 Å². The molecule has 1 fully saturated rings. The quantitative estimate of drug-likeness (QED) is 0.934.